The number of piperidine rings is 1. The number of rotatable bonds is 8. The van der Waals surface area contributed by atoms with Crippen molar-refractivity contribution in [3.05, 3.63) is 89.0 Å². The molecule has 1 saturated heterocycles. The Kier molecular flexibility index (Phi) is 8.66. The van der Waals surface area contributed by atoms with E-state index in [4.69, 9.17) is 4.74 Å². The van der Waals surface area contributed by atoms with E-state index in [1.165, 1.54) is 18.6 Å². The molecule has 0 bridgehead atoms. The van der Waals surface area contributed by atoms with Crippen LogP contribution in [0.1, 0.15) is 30.4 Å². The Hall–Kier alpha value is -3.59. The van der Waals surface area contributed by atoms with Gasteiger partial charge in [-0.25, -0.2) is 22.4 Å². The minimum atomic E-state index is -1.26. The molecule has 1 fully saturated rings. The molecule has 0 atom stereocenters. The van der Waals surface area contributed by atoms with E-state index in [2.05, 4.69) is 10.2 Å². The summed E-state index contributed by atoms with van der Waals surface area (Å²) in [6.45, 7) is 4.30. The molecule has 1 heterocycles. The third-order valence-corrected chi connectivity index (χ3v) is 6.38. The number of nitrogens with zero attached hydrogens (tertiary/aromatic N) is 2. The summed E-state index contributed by atoms with van der Waals surface area (Å²) in [5, 5.41) is 2.63. The van der Waals surface area contributed by atoms with Crippen LogP contribution in [0.5, 0.6) is 11.5 Å². The maximum atomic E-state index is 14.4. The Balaban J connectivity index is 1.51. The number of hydrogen-bond donors (Lipinski definition) is 1. The first-order valence-electron chi connectivity index (χ1n) is 12.3. The molecule has 0 radical (unpaired) electrons. The van der Waals surface area contributed by atoms with Gasteiger partial charge in [-0.3, -0.25) is 0 Å². The van der Waals surface area contributed by atoms with Crippen molar-refractivity contribution in [1.29, 1.82) is 0 Å². The van der Waals surface area contributed by atoms with Crippen molar-refractivity contribution in [2.45, 2.75) is 32.7 Å². The van der Waals surface area contributed by atoms with E-state index in [1.54, 1.807) is 41.3 Å². The largest absolute Gasteiger partial charge is 0.454 e. The molecule has 196 valence electrons. The highest BCUT2D eigenvalue weighted by Crippen LogP contribution is 2.30. The molecule has 1 aliphatic heterocycles. The molecule has 37 heavy (non-hydrogen) atoms. The van der Waals surface area contributed by atoms with Crippen LogP contribution in [0, 0.1) is 30.2 Å². The van der Waals surface area contributed by atoms with Crippen LogP contribution in [-0.2, 0) is 6.54 Å². The lowest BCUT2D eigenvalue weighted by Gasteiger charge is -2.30. The number of carbonyl (C=O) groups excluding carboxylic acids is 1. The number of anilines is 1. The number of hydrogen-bond acceptors (Lipinski definition) is 3. The molecule has 0 unspecified atom stereocenters. The Morgan fingerprint density at radius 2 is 1.70 bits per heavy atom. The van der Waals surface area contributed by atoms with Gasteiger partial charge in [-0.2, -0.15) is 0 Å². The molecule has 0 aromatic heterocycles. The van der Waals surface area contributed by atoms with Gasteiger partial charge < -0.3 is 19.9 Å². The summed E-state index contributed by atoms with van der Waals surface area (Å²) < 4.78 is 61.5. The highest BCUT2D eigenvalue weighted by atomic mass is 19.2. The fourth-order valence-electron chi connectivity index (χ4n) is 4.29. The maximum Gasteiger partial charge on any atom is 0.322 e. The second-order valence-corrected chi connectivity index (χ2v) is 9.09. The molecule has 1 N–H and O–H groups in total. The van der Waals surface area contributed by atoms with Gasteiger partial charge in [0.2, 0.25) is 0 Å². The first kappa shape index (κ1) is 26.5. The summed E-state index contributed by atoms with van der Waals surface area (Å²) in [4.78, 5) is 17.0. The molecule has 9 heteroatoms. The molecular formula is C28H29F4N3O2. The van der Waals surface area contributed by atoms with Gasteiger partial charge in [-0.05, 0) is 62.7 Å². The van der Waals surface area contributed by atoms with Gasteiger partial charge >= 0.3 is 6.03 Å². The predicted octanol–water partition coefficient (Wildman–Crippen LogP) is 6.86. The van der Waals surface area contributed by atoms with Crippen LogP contribution in [0.4, 0.5) is 28.0 Å². The van der Waals surface area contributed by atoms with E-state index < -0.39 is 40.6 Å². The van der Waals surface area contributed by atoms with Crippen LogP contribution in [-0.4, -0.2) is 42.0 Å². The number of carbonyl (C=O) groups is 1. The number of ether oxygens (including phenoxy) is 1. The Labute approximate surface area is 213 Å². The van der Waals surface area contributed by atoms with Crippen LogP contribution in [0.3, 0.4) is 0 Å². The molecule has 0 saturated carbocycles. The van der Waals surface area contributed by atoms with Gasteiger partial charge in [0.25, 0.3) is 0 Å². The summed E-state index contributed by atoms with van der Waals surface area (Å²) in [6, 6.07) is 12.7. The number of likely N-dealkylation sites (tertiary alicyclic amines) is 1. The zero-order valence-electron chi connectivity index (χ0n) is 20.6. The minimum absolute atomic E-state index is 0.0803. The number of benzene rings is 3. The number of urea groups is 1. The van der Waals surface area contributed by atoms with E-state index >= 15 is 0 Å². The normalized spacial score (nSPS) is 13.9. The fraction of sp³-hybridized carbons (Fsp3) is 0.321. The molecule has 0 spiro atoms. The topological polar surface area (TPSA) is 44.8 Å². The molecular weight excluding hydrogens is 486 g/mol. The minimum Gasteiger partial charge on any atom is -0.454 e. The summed E-state index contributed by atoms with van der Waals surface area (Å²) in [6.07, 6.45) is 3.42. The molecule has 4 rings (SSSR count). The number of amides is 2. The Morgan fingerprint density at radius 3 is 2.46 bits per heavy atom. The van der Waals surface area contributed by atoms with E-state index in [1.807, 2.05) is 0 Å². The highest BCUT2D eigenvalue weighted by Gasteiger charge is 2.20. The Morgan fingerprint density at radius 1 is 0.946 bits per heavy atom. The third kappa shape index (κ3) is 6.80. The van der Waals surface area contributed by atoms with Crippen molar-refractivity contribution in [2.24, 2.45) is 0 Å². The maximum absolute atomic E-state index is 14.4. The third-order valence-electron chi connectivity index (χ3n) is 6.38. The van der Waals surface area contributed by atoms with E-state index in [-0.39, 0.29) is 18.0 Å². The summed E-state index contributed by atoms with van der Waals surface area (Å²) in [5.41, 5.74) is 0.274. The molecule has 3 aromatic rings. The van der Waals surface area contributed by atoms with Crippen LogP contribution < -0.4 is 10.1 Å². The monoisotopic (exact) mass is 515 g/mol. The quantitative estimate of drug-likeness (QED) is 0.263. The molecule has 3 aromatic carbocycles. The average Bonchev–Trinajstić information content (AvgIpc) is 2.90. The first-order chi connectivity index (χ1) is 17.8. The highest BCUT2D eigenvalue weighted by molar-refractivity contribution is 5.89. The predicted molar refractivity (Wildman–Crippen MR) is 134 cm³/mol. The summed E-state index contributed by atoms with van der Waals surface area (Å²) in [5.74, 6) is -4.23. The van der Waals surface area contributed by atoms with E-state index in [9.17, 15) is 22.4 Å². The van der Waals surface area contributed by atoms with Gasteiger partial charge in [0, 0.05) is 31.3 Å². The second kappa shape index (κ2) is 12.1. The van der Waals surface area contributed by atoms with Gasteiger partial charge in [-0.1, -0.05) is 30.7 Å². The van der Waals surface area contributed by atoms with E-state index in [0.29, 0.717) is 24.7 Å². The fourth-order valence-corrected chi connectivity index (χ4v) is 4.29. The van der Waals surface area contributed by atoms with Gasteiger partial charge in [0.05, 0.1) is 5.69 Å². The zero-order valence-corrected chi connectivity index (χ0v) is 20.6. The van der Waals surface area contributed by atoms with Crippen molar-refractivity contribution < 1.29 is 27.1 Å². The lowest BCUT2D eigenvalue weighted by Crippen LogP contribution is -2.42. The van der Waals surface area contributed by atoms with Crippen LogP contribution in [0.2, 0.25) is 0 Å². The van der Waals surface area contributed by atoms with Crippen LogP contribution >= 0.6 is 0 Å². The zero-order chi connectivity index (χ0) is 26.4. The van der Waals surface area contributed by atoms with E-state index in [0.717, 1.165) is 32.9 Å². The summed E-state index contributed by atoms with van der Waals surface area (Å²) in [7, 11) is 0. The second-order valence-electron chi connectivity index (χ2n) is 9.09. The molecule has 5 nitrogen and oxygen atoms in total. The lowest BCUT2D eigenvalue weighted by molar-refractivity contribution is 0.178. The summed E-state index contributed by atoms with van der Waals surface area (Å²) >= 11 is 0. The smallest absolute Gasteiger partial charge is 0.322 e. The number of halogens is 4. The van der Waals surface area contributed by atoms with Crippen molar-refractivity contribution in [3.63, 3.8) is 0 Å². The Bertz CT molecular complexity index is 1250. The number of nitrogens with one attached hydrogen (secondary N) is 1. The van der Waals surface area contributed by atoms with Crippen LogP contribution in [0.25, 0.3) is 0 Å². The lowest BCUT2D eigenvalue weighted by atomic mass is 10.1. The van der Waals surface area contributed by atoms with Gasteiger partial charge in [-0.15, -0.1) is 0 Å². The average molecular weight is 516 g/mol. The van der Waals surface area contributed by atoms with Crippen molar-refractivity contribution in [3.8, 4) is 11.5 Å². The number of para-hydroxylation sites is 1. The SMILES string of the molecule is Cc1c(F)c(F)cc(Oc2cccc(CN(CCN3CCCCC3)C(=O)Nc3ccccc3F)c2)c1F. The van der Waals surface area contributed by atoms with Gasteiger partial charge in [0.1, 0.15) is 11.6 Å². The van der Waals surface area contributed by atoms with Crippen molar-refractivity contribution >= 4 is 11.7 Å². The van der Waals surface area contributed by atoms with Crippen molar-refractivity contribution in [1.82, 2.24) is 9.80 Å². The molecule has 1 aliphatic rings. The first-order valence-corrected chi connectivity index (χ1v) is 12.3. The van der Waals surface area contributed by atoms with Crippen molar-refractivity contribution in [2.75, 3.05) is 31.5 Å². The molecule has 0 aliphatic carbocycles. The molecule has 2 amide bonds. The van der Waals surface area contributed by atoms with Gasteiger partial charge in [0.15, 0.2) is 23.2 Å². The van der Waals surface area contributed by atoms with Crippen LogP contribution in [0.15, 0.2) is 54.6 Å². The standard InChI is InChI=1S/C28H29F4N3O2/c1-19-26(31)23(30)17-25(27(19)32)37-21-9-7-8-20(16-21)18-35(15-14-34-12-5-2-6-13-34)28(36)33-24-11-4-3-10-22(24)29/h3-4,7-11,16-17H,2,5-6,12-15,18H2,1H3,(H,33,36).